The van der Waals surface area contributed by atoms with Gasteiger partial charge in [0, 0.05) is 19.1 Å². The van der Waals surface area contributed by atoms with Crippen LogP contribution >= 0.6 is 0 Å². The fourth-order valence-corrected chi connectivity index (χ4v) is 4.67. The van der Waals surface area contributed by atoms with Crippen molar-refractivity contribution in [1.82, 2.24) is 10.0 Å². The van der Waals surface area contributed by atoms with Crippen molar-refractivity contribution in [2.45, 2.75) is 56.6 Å². The molecule has 1 aliphatic carbocycles. The Bertz CT molecular complexity index is 592. The van der Waals surface area contributed by atoms with Gasteiger partial charge in [0.15, 0.2) is 0 Å². The molecule has 0 spiro atoms. The van der Waals surface area contributed by atoms with Gasteiger partial charge in [0.2, 0.25) is 10.0 Å². The molecule has 0 radical (unpaired) electrons. The molecule has 2 aliphatic rings. The summed E-state index contributed by atoms with van der Waals surface area (Å²) in [5.74, 6) is 0.487. The number of hydrogen-bond acceptors (Lipinski definition) is 3. The number of benzene rings is 1. The lowest BCUT2D eigenvalue weighted by Crippen LogP contribution is -2.37. The van der Waals surface area contributed by atoms with Gasteiger partial charge in [0.05, 0.1) is 4.90 Å². The highest BCUT2D eigenvalue weighted by atomic mass is 32.2. The minimum Gasteiger partial charge on any atom is -0.309 e. The molecule has 1 aromatic rings. The van der Waals surface area contributed by atoms with Crippen LogP contribution in [0.25, 0.3) is 0 Å². The minimum absolute atomic E-state index is 0.0221. The van der Waals surface area contributed by atoms with Crippen LogP contribution in [-0.4, -0.2) is 14.5 Å². The van der Waals surface area contributed by atoms with Crippen LogP contribution in [0, 0.1) is 5.92 Å². The molecule has 1 aromatic carbocycles. The Morgan fingerprint density at radius 2 is 1.90 bits per heavy atom. The molecule has 4 nitrogen and oxygen atoms in total. The third kappa shape index (κ3) is 2.75. The Labute approximate surface area is 121 Å². The first-order valence-corrected chi connectivity index (χ1v) is 8.89. The Hall–Kier alpha value is -0.910. The van der Waals surface area contributed by atoms with E-state index >= 15 is 0 Å². The van der Waals surface area contributed by atoms with Gasteiger partial charge < -0.3 is 5.32 Å². The highest BCUT2D eigenvalue weighted by Crippen LogP contribution is 2.28. The van der Waals surface area contributed by atoms with Crippen molar-refractivity contribution in [1.29, 1.82) is 0 Å². The summed E-state index contributed by atoms with van der Waals surface area (Å²) in [4.78, 5) is 0.393. The molecular formula is C15H22N2O2S. The summed E-state index contributed by atoms with van der Waals surface area (Å²) < 4.78 is 27.8. The summed E-state index contributed by atoms with van der Waals surface area (Å²) >= 11 is 0. The van der Waals surface area contributed by atoms with E-state index in [-0.39, 0.29) is 6.04 Å². The van der Waals surface area contributed by atoms with E-state index in [9.17, 15) is 8.42 Å². The van der Waals surface area contributed by atoms with E-state index in [2.05, 4.69) is 10.0 Å². The van der Waals surface area contributed by atoms with Gasteiger partial charge in [-0.2, -0.15) is 0 Å². The third-order valence-corrected chi connectivity index (χ3v) is 6.12. The van der Waals surface area contributed by atoms with E-state index in [1.54, 1.807) is 12.1 Å². The van der Waals surface area contributed by atoms with Crippen LogP contribution < -0.4 is 10.0 Å². The molecule has 0 saturated heterocycles. The molecule has 3 rings (SSSR count). The first kappa shape index (κ1) is 14.0. The van der Waals surface area contributed by atoms with Crippen molar-refractivity contribution in [2.24, 2.45) is 5.92 Å². The zero-order chi connectivity index (χ0) is 14.2. The molecule has 0 amide bonds. The molecule has 2 N–H and O–H groups in total. The Morgan fingerprint density at radius 1 is 1.20 bits per heavy atom. The van der Waals surface area contributed by atoms with Crippen LogP contribution in [0.3, 0.4) is 0 Å². The molecule has 0 aromatic heterocycles. The van der Waals surface area contributed by atoms with Crippen molar-refractivity contribution in [3.63, 3.8) is 0 Å². The van der Waals surface area contributed by atoms with E-state index in [1.165, 1.54) is 18.4 Å². The van der Waals surface area contributed by atoms with Crippen molar-refractivity contribution >= 4 is 10.0 Å². The van der Waals surface area contributed by atoms with Gasteiger partial charge >= 0.3 is 0 Å². The lowest BCUT2D eigenvalue weighted by atomic mass is 10.0. The monoisotopic (exact) mass is 294 g/mol. The van der Waals surface area contributed by atoms with E-state index in [0.717, 1.165) is 31.5 Å². The number of nitrogens with one attached hydrogen (secondary N) is 2. The van der Waals surface area contributed by atoms with Gasteiger partial charge in [-0.3, -0.25) is 0 Å². The summed E-state index contributed by atoms with van der Waals surface area (Å²) in [5, 5.41) is 3.24. The van der Waals surface area contributed by atoms with Gasteiger partial charge in [0.25, 0.3) is 0 Å². The molecule has 1 aliphatic heterocycles. The van der Waals surface area contributed by atoms with E-state index in [0.29, 0.717) is 10.8 Å². The van der Waals surface area contributed by atoms with Crippen molar-refractivity contribution in [3.8, 4) is 0 Å². The summed E-state index contributed by atoms with van der Waals surface area (Å²) in [7, 11) is -3.40. The van der Waals surface area contributed by atoms with E-state index in [1.807, 2.05) is 13.0 Å². The lowest BCUT2D eigenvalue weighted by Gasteiger charge is -2.20. The maximum absolute atomic E-state index is 12.5. The topological polar surface area (TPSA) is 58.2 Å². The van der Waals surface area contributed by atoms with Crippen LogP contribution in [0.5, 0.6) is 0 Å². The highest BCUT2D eigenvalue weighted by molar-refractivity contribution is 7.89. The van der Waals surface area contributed by atoms with Gasteiger partial charge in [0.1, 0.15) is 0 Å². The van der Waals surface area contributed by atoms with Gasteiger partial charge in [-0.25, -0.2) is 13.1 Å². The smallest absolute Gasteiger partial charge is 0.240 e. The van der Waals surface area contributed by atoms with Crippen molar-refractivity contribution in [3.05, 3.63) is 29.3 Å². The zero-order valence-electron chi connectivity index (χ0n) is 11.9. The zero-order valence-corrected chi connectivity index (χ0v) is 12.7. The van der Waals surface area contributed by atoms with Gasteiger partial charge in [-0.1, -0.05) is 18.9 Å². The molecule has 110 valence electrons. The molecule has 1 fully saturated rings. The van der Waals surface area contributed by atoms with Gasteiger partial charge in [-0.15, -0.1) is 0 Å². The average Bonchev–Trinajstić information content (AvgIpc) is 3.08. The molecule has 0 bridgehead atoms. The summed E-state index contributed by atoms with van der Waals surface area (Å²) in [6.07, 6.45) is 4.72. The van der Waals surface area contributed by atoms with Crippen LogP contribution in [0.15, 0.2) is 23.1 Å². The maximum atomic E-state index is 12.5. The summed E-state index contributed by atoms with van der Waals surface area (Å²) in [6.45, 7) is 3.58. The van der Waals surface area contributed by atoms with Crippen LogP contribution in [0.1, 0.15) is 43.7 Å². The summed E-state index contributed by atoms with van der Waals surface area (Å²) in [5.41, 5.74) is 2.30. The Balaban J connectivity index is 1.77. The second-order valence-corrected chi connectivity index (χ2v) is 7.70. The van der Waals surface area contributed by atoms with Gasteiger partial charge in [-0.05, 0) is 48.9 Å². The first-order chi connectivity index (χ1) is 9.56. The molecule has 1 unspecified atom stereocenters. The quantitative estimate of drug-likeness (QED) is 0.894. The number of rotatable bonds is 4. The van der Waals surface area contributed by atoms with E-state index < -0.39 is 10.0 Å². The average molecular weight is 294 g/mol. The first-order valence-electron chi connectivity index (χ1n) is 7.41. The minimum atomic E-state index is -3.40. The van der Waals surface area contributed by atoms with Crippen molar-refractivity contribution in [2.75, 3.05) is 0 Å². The highest BCUT2D eigenvalue weighted by Gasteiger charge is 2.26. The Kier molecular flexibility index (Phi) is 3.84. The molecule has 20 heavy (non-hydrogen) atoms. The van der Waals surface area contributed by atoms with Crippen molar-refractivity contribution < 1.29 is 8.42 Å². The predicted molar refractivity (Wildman–Crippen MR) is 78.7 cm³/mol. The second-order valence-electron chi connectivity index (χ2n) is 5.99. The fourth-order valence-electron chi connectivity index (χ4n) is 3.30. The predicted octanol–water partition coefficient (Wildman–Crippen LogP) is 2.15. The number of sulfonamides is 1. The largest absolute Gasteiger partial charge is 0.309 e. The van der Waals surface area contributed by atoms with E-state index in [4.69, 9.17) is 0 Å². The lowest BCUT2D eigenvalue weighted by molar-refractivity contribution is 0.424. The summed E-state index contributed by atoms with van der Waals surface area (Å²) in [6, 6.07) is 5.47. The number of hydrogen-bond donors (Lipinski definition) is 2. The number of fused-ring (bicyclic) bond motifs is 1. The third-order valence-electron chi connectivity index (χ3n) is 4.57. The molecule has 1 saturated carbocycles. The van der Waals surface area contributed by atoms with Crippen LogP contribution in [0.4, 0.5) is 0 Å². The Morgan fingerprint density at radius 3 is 2.65 bits per heavy atom. The molecule has 1 atom stereocenters. The molecule has 1 heterocycles. The van der Waals surface area contributed by atoms with Crippen LogP contribution in [0.2, 0.25) is 0 Å². The molecule has 5 heteroatoms. The van der Waals surface area contributed by atoms with Crippen LogP contribution in [-0.2, 0) is 23.1 Å². The SMILES string of the molecule is CC(NS(=O)(=O)c1ccc2c(c1)CNC2)C1CCCC1. The molecular weight excluding hydrogens is 272 g/mol. The standard InChI is InChI=1S/C15H22N2O2S/c1-11(12-4-2-3-5-12)17-20(18,19)15-7-6-13-9-16-10-14(13)8-15/h6-8,11-12,16-17H,2-5,9-10H2,1H3. The maximum Gasteiger partial charge on any atom is 0.240 e. The normalized spacial score (nSPS) is 21.1. The second kappa shape index (κ2) is 5.47. The fraction of sp³-hybridized carbons (Fsp3) is 0.600.